The molecule has 0 radical (unpaired) electrons. The molecule has 118 valence electrons. The highest BCUT2D eigenvalue weighted by molar-refractivity contribution is 5.81. The highest BCUT2D eigenvalue weighted by Gasteiger charge is 2.14. The molecule has 5 heteroatoms. The lowest BCUT2D eigenvalue weighted by atomic mass is 10.1. The summed E-state index contributed by atoms with van der Waals surface area (Å²) in [5.41, 5.74) is 1.04. The Balaban J connectivity index is 2.56. The molecular weight excluding hydrogens is 268 g/mol. The lowest BCUT2D eigenvalue weighted by Crippen LogP contribution is -2.45. The topological polar surface area (TPSA) is 59.6 Å². The van der Waals surface area contributed by atoms with E-state index in [1.54, 1.807) is 14.2 Å². The van der Waals surface area contributed by atoms with Gasteiger partial charge in [-0.1, -0.05) is 13.0 Å². The number of nitrogens with one attached hydrogen (secondary N) is 2. The lowest BCUT2D eigenvalue weighted by Gasteiger charge is -2.18. The first kappa shape index (κ1) is 17.3. The molecule has 1 rings (SSSR count). The van der Waals surface area contributed by atoms with Crippen molar-refractivity contribution in [2.24, 2.45) is 0 Å². The predicted octanol–water partition coefficient (Wildman–Crippen LogP) is 2.10. The molecule has 0 saturated heterocycles. The standard InChI is InChI=1S/C16H26N2O3/c1-6-11(2)18-16(19)12(3)17-10-13-7-8-14(20-4)15(9-13)21-5/h7-9,11-12,17H,6,10H2,1-5H3,(H,18,19). The van der Waals surface area contributed by atoms with E-state index in [0.29, 0.717) is 18.0 Å². The van der Waals surface area contributed by atoms with Crippen molar-refractivity contribution in [2.75, 3.05) is 14.2 Å². The molecule has 0 aliphatic heterocycles. The molecule has 0 fully saturated rings. The smallest absolute Gasteiger partial charge is 0.237 e. The number of carbonyl (C=O) groups is 1. The van der Waals surface area contributed by atoms with Gasteiger partial charge in [0.05, 0.1) is 20.3 Å². The summed E-state index contributed by atoms with van der Waals surface area (Å²) in [4.78, 5) is 11.9. The van der Waals surface area contributed by atoms with E-state index in [2.05, 4.69) is 10.6 Å². The van der Waals surface area contributed by atoms with Crippen molar-refractivity contribution in [2.45, 2.75) is 45.8 Å². The van der Waals surface area contributed by atoms with E-state index in [9.17, 15) is 4.79 Å². The second kappa shape index (κ2) is 8.52. The first-order valence-corrected chi connectivity index (χ1v) is 7.26. The molecule has 1 aromatic carbocycles. The minimum Gasteiger partial charge on any atom is -0.493 e. The maximum atomic E-state index is 11.9. The van der Waals surface area contributed by atoms with Crippen LogP contribution in [0.4, 0.5) is 0 Å². The van der Waals surface area contributed by atoms with E-state index in [4.69, 9.17) is 9.47 Å². The molecule has 0 spiro atoms. The first-order valence-electron chi connectivity index (χ1n) is 7.26. The summed E-state index contributed by atoms with van der Waals surface area (Å²) in [6.45, 7) is 6.50. The van der Waals surface area contributed by atoms with Crippen LogP contribution in [0.3, 0.4) is 0 Å². The predicted molar refractivity (Wildman–Crippen MR) is 83.7 cm³/mol. The number of benzene rings is 1. The van der Waals surface area contributed by atoms with E-state index < -0.39 is 0 Å². The molecule has 0 aliphatic rings. The van der Waals surface area contributed by atoms with Crippen molar-refractivity contribution < 1.29 is 14.3 Å². The van der Waals surface area contributed by atoms with Crippen LogP contribution in [0, 0.1) is 0 Å². The Bertz CT molecular complexity index is 463. The SMILES string of the molecule is CCC(C)NC(=O)C(C)NCc1ccc(OC)c(OC)c1. The van der Waals surface area contributed by atoms with Crippen molar-refractivity contribution in [1.29, 1.82) is 0 Å². The van der Waals surface area contributed by atoms with E-state index >= 15 is 0 Å². The van der Waals surface area contributed by atoms with Gasteiger partial charge in [-0.15, -0.1) is 0 Å². The number of amides is 1. The number of rotatable bonds is 8. The molecule has 0 heterocycles. The van der Waals surface area contributed by atoms with Crippen molar-refractivity contribution in [3.05, 3.63) is 23.8 Å². The summed E-state index contributed by atoms with van der Waals surface area (Å²) in [6, 6.07) is 5.67. The van der Waals surface area contributed by atoms with Crippen LogP contribution >= 0.6 is 0 Å². The number of carbonyl (C=O) groups excluding carboxylic acids is 1. The number of hydrogen-bond acceptors (Lipinski definition) is 4. The van der Waals surface area contributed by atoms with E-state index in [-0.39, 0.29) is 18.0 Å². The summed E-state index contributed by atoms with van der Waals surface area (Å²) in [6.07, 6.45) is 0.925. The summed E-state index contributed by atoms with van der Waals surface area (Å²) in [7, 11) is 3.22. The van der Waals surface area contributed by atoms with Gasteiger partial charge in [-0.2, -0.15) is 0 Å². The van der Waals surface area contributed by atoms with Crippen LogP contribution in [0.25, 0.3) is 0 Å². The first-order chi connectivity index (χ1) is 10.0. The lowest BCUT2D eigenvalue weighted by molar-refractivity contribution is -0.123. The van der Waals surface area contributed by atoms with Gasteiger partial charge in [-0.05, 0) is 38.0 Å². The Morgan fingerprint density at radius 3 is 2.43 bits per heavy atom. The number of hydrogen-bond donors (Lipinski definition) is 2. The molecule has 1 amide bonds. The molecule has 2 atom stereocenters. The fourth-order valence-corrected chi connectivity index (χ4v) is 1.82. The van der Waals surface area contributed by atoms with E-state index in [1.165, 1.54) is 0 Å². The third-order valence-corrected chi connectivity index (χ3v) is 3.45. The monoisotopic (exact) mass is 294 g/mol. The minimum atomic E-state index is -0.243. The van der Waals surface area contributed by atoms with Crippen molar-refractivity contribution >= 4 is 5.91 Å². The Morgan fingerprint density at radius 1 is 1.19 bits per heavy atom. The highest BCUT2D eigenvalue weighted by Crippen LogP contribution is 2.27. The Kier molecular flexibility index (Phi) is 7.02. The zero-order valence-electron chi connectivity index (χ0n) is 13.5. The largest absolute Gasteiger partial charge is 0.493 e. The van der Waals surface area contributed by atoms with Gasteiger partial charge < -0.3 is 20.1 Å². The van der Waals surface area contributed by atoms with E-state index in [1.807, 2.05) is 39.0 Å². The zero-order chi connectivity index (χ0) is 15.8. The summed E-state index contributed by atoms with van der Waals surface area (Å²) >= 11 is 0. The average Bonchev–Trinajstić information content (AvgIpc) is 2.51. The molecule has 0 aliphatic carbocycles. The second-order valence-electron chi connectivity index (χ2n) is 5.11. The van der Waals surface area contributed by atoms with Gasteiger partial charge in [0.2, 0.25) is 5.91 Å². The molecule has 5 nitrogen and oxygen atoms in total. The normalized spacial score (nSPS) is 13.4. The van der Waals surface area contributed by atoms with Gasteiger partial charge in [-0.25, -0.2) is 0 Å². The third-order valence-electron chi connectivity index (χ3n) is 3.45. The fraction of sp³-hybridized carbons (Fsp3) is 0.562. The van der Waals surface area contributed by atoms with Crippen molar-refractivity contribution in [3.63, 3.8) is 0 Å². The number of ether oxygens (including phenoxy) is 2. The number of methoxy groups -OCH3 is 2. The van der Waals surface area contributed by atoms with E-state index in [0.717, 1.165) is 12.0 Å². The molecule has 0 aromatic heterocycles. The van der Waals surface area contributed by atoms with Crippen LogP contribution in [0.15, 0.2) is 18.2 Å². The second-order valence-corrected chi connectivity index (χ2v) is 5.11. The minimum absolute atomic E-state index is 0.0184. The van der Waals surface area contributed by atoms with Gasteiger partial charge in [0.1, 0.15) is 0 Å². The molecule has 2 N–H and O–H groups in total. The molecule has 21 heavy (non-hydrogen) atoms. The van der Waals surface area contributed by atoms with Gasteiger partial charge >= 0.3 is 0 Å². The summed E-state index contributed by atoms with van der Waals surface area (Å²) < 4.78 is 10.5. The maximum absolute atomic E-state index is 11.9. The van der Waals surface area contributed by atoms with Crippen molar-refractivity contribution in [1.82, 2.24) is 10.6 Å². The third kappa shape index (κ3) is 5.27. The Morgan fingerprint density at radius 2 is 1.86 bits per heavy atom. The van der Waals surface area contributed by atoms with Crippen LogP contribution in [-0.4, -0.2) is 32.2 Å². The molecule has 0 bridgehead atoms. The fourth-order valence-electron chi connectivity index (χ4n) is 1.82. The summed E-state index contributed by atoms with van der Waals surface area (Å²) in [5, 5.41) is 6.17. The Labute approximate surface area is 127 Å². The van der Waals surface area contributed by atoms with Gasteiger partial charge in [0.25, 0.3) is 0 Å². The molecular formula is C16H26N2O3. The van der Waals surface area contributed by atoms with Crippen LogP contribution in [0.5, 0.6) is 11.5 Å². The molecule has 1 aromatic rings. The quantitative estimate of drug-likeness (QED) is 0.771. The summed E-state index contributed by atoms with van der Waals surface area (Å²) in [5.74, 6) is 1.40. The Hall–Kier alpha value is -1.75. The van der Waals surface area contributed by atoms with Crippen LogP contribution < -0.4 is 20.1 Å². The zero-order valence-corrected chi connectivity index (χ0v) is 13.5. The highest BCUT2D eigenvalue weighted by atomic mass is 16.5. The van der Waals surface area contributed by atoms with Gasteiger partial charge in [0.15, 0.2) is 11.5 Å². The van der Waals surface area contributed by atoms with Crippen LogP contribution in [0.2, 0.25) is 0 Å². The molecule has 2 unspecified atom stereocenters. The maximum Gasteiger partial charge on any atom is 0.237 e. The molecule has 0 saturated carbocycles. The average molecular weight is 294 g/mol. The van der Waals surface area contributed by atoms with Gasteiger partial charge in [-0.3, -0.25) is 4.79 Å². The van der Waals surface area contributed by atoms with Gasteiger partial charge in [0, 0.05) is 12.6 Å². The van der Waals surface area contributed by atoms with Crippen molar-refractivity contribution in [3.8, 4) is 11.5 Å². The van der Waals surface area contributed by atoms with Crippen LogP contribution in [0.1, 0.15) is 32.8 Å². The van der Waals surface area contributed by atoms with Crippen LogP contribution in [-0.2, 0) is 11.3 Å².